The van der Waals surface area contributed by atoms with Crippen LogP contribution in [0.5, 0.6) is 0 Å². The van der Waals surface area contributed by atoms with Gasteiger partial charge in [-0.2, -0.15) is 0 Å². The van der Waals surface area contributed by atoms with E-state index in [0.717, 1.165) is 51.4 Å². The molecule has 38 heavy (non-hydrogen) atoms. The minimum atomic E-state index is -0.533. The average molecular weight is 531 g/mol. The van der Waals surface area contributed by atoms with Gasteiger partial charge in [0, 0.05) is 13.0 Å². The zero-order chi connectivity index (χ0) is 27.8. The molecule has 0 radical (unpaired) electrons. The van der Waals surface area contributed by atoms with E-state index in [1.807, 2.05) is 6.92 Å². The van der Waals surface area contributed by atoms with Gasteiger partial charge in [0.05, 0.1) is 13.2 Å². The predicted octanol–water partition coefficient (Wildman–Crippen LogP) is 9.36. The summed E-state index contributed by atoms with van der Waals surface area (Å²) in [7, 11) is 0. The van der Waals surface area contributed by atoms with Crippen LogP contribution in [0.4, 0.5) is 0 Å². The lowest BCUT2D eigenvalue weighted by Gasteiger charge is -2.15. The van der Waals surface area contributed by atoms with Crippen LogP contribution < -0.4 is 0 Å². The van der Waals surface area contributed by atoms with E-state index in [-0.39, 0.29) is 19.2 Å². The van der Waals surface area contributed by atoms with E-state index < -0.39 is 6.10 Å². The number of carbonyl (C=O) groups is 1. The van der Waals surface area contributed by atoms with Crippen molar-refractivity contribution in [3.8, 4) is 0 Å². The molecule has 0 aromatic heterocycles. The standard InChI is InChI=1S/C34H58O4/c1-3-5-7-8-9-10-11-12-13-14-15-16-17-18-19-20-21-22-23-24-25-26-27-28-30-37-32-33(31-35)38-34(36)29-6-4-2/h5,7,9-10,12-13,15-16,18-19,33,35H,3-4,6,8,11,14,17,20-32H2,1-2H3/b7-5-,10-9-,13-12-,16-15-,19-18-. The zero-order valence-corrected chi connectivity index (χ0v) is 24.7. The molecule has 0 aliphatic carbocycles. The van der Waals surface area contributed by atoms with Gasteiger partial charge in [0.15, 0.2) is 0 Å². The summed E-state index contributed by atoms with van der Waals surface area (Å²) in [5.41, 5.74) is 0. The van der Waals surface area contributed by atoms with E-state index >= 15 is 0 Å². The molecule has 218 valence electrons. The lowest BCUT2D eigenvalue weighted by molar-refractivity contribution is -0.154. The average Bonchev–Trinajstić information content (AvgIpc) is 2.93. The van der Waals surface area contributed by atoms with E-state index in [4.69, 9.17) is 9.47 Å². The molecule has 0 aliphatic rings. The smallest absolute Gasteiger partial charge is 0.306 e. The van der Waals surface area contributed by atoms with E-state index in [1.165, 1.54) is 51.4 Å². The van der Waals surface area contributed by atoms with Crippen molar-refractivity contribution < 1.29 is 19.4 Å². The Morgan fingerprint density at radius 1 is 0.658 bits per heavy atom. The quantitative estimate of drug-likeness (QED) is 0.0653. The Bertz CT molecular complexity index is 645. The largest absolute Gasteiger partial charge is 0.457 e. The first-order chi connectivity index (χ1) is 18.7. The Balaban J connectivity index is 3.42. The SMILES string of the molecule is CC/C=C\C/C=C\C/C=C\C/C=C\C/C=C\CCCCCCCCCCOCC(CO)OC(=O)CCCC. The summed E-state index contributed by atoms with van der Waals surface area (Å²) >= 11 is 0. The molecule has 0 fully saturated rings. The van der Waals surface area contributed by atoms with Gasteiger partial charge in [-0.25, -0.2) is 0 Å². The number of esters is 1. The molecule has 4 heteroatoms. The van der Waals surface area contributed by atoms with Crippen molar-refractivity contribution >= 4 is 5.97 Å². The van der Waals surface area contributed by atoms with Gasteiger partial charge < -0.3 is 14.6 Å². The first-order valence-corrected chi connectivity index (χ1v) is 15.4. The van der Waals surface area contributed by atoms with Crippen LogP contribution in [0.3, 0.4) is 0 Å². The molecular formula is C34H58O4. The molecule has 0 aromatic rings. The topological polar surface area (TPSA) is 55.8 Å². The summed E-state index contributed by atoms with van der Waals surface area (Å²) in [6.45, 7) is 4.96. The van der Waals surface area contributed by atoms with Crippen LogP contribution in [-0.2, 0) is 14.3 Å². The molecule has 0 bridgehead atoms. The highest BCUT2D eigenvalue weighted by Crippen LogP contribution is 2.10. The second kappa shape index (κ2) is 31.3. The maximum atomic E-state index is 11.6. The monoisotopic (exact) mass is 530 g/mol. The van der Waals surface area contributed by atoms with Crippen molar-refractivity contribution in [1.29, 1.82) is 0 Å². The van der Waals surface area contributed by atoms with Crippen LogP contribution in [0.15, 0.2) is 60.8 Å². The summed E-state index contributed by atoms with van der Waals surface area (Å²) in [5, 5.41) is 9.32. The number of aliphatic hydroxyl groups is 1. The molecule has 1 N–H and O–H groups in total. The molecule has 0 aliphatic heterocycles. The van der Waals surface area contributed by atoms with Crippen molar-refractivity contribution in [2.24, 2.45) is 0 Å². The van der Waals surface area contributed by atoms with Crippen LogP contribution in [0.25, 0.3) is 0 Å². The maximum Gasteiger partial charge on any atom is 0.306 e. The van der Waals surface area contributed by atoms with E-state index in [9.17, 15) is 9.90 Å². The number of aliphatic hydroxyl groups excluding tert-OH is 1. The third kappa shape index (κ3) is 28.7. The molecule has 1 atom stereocenters. The second-order valence-corrected chi connectivity index (χ2v) is 9.80. The minimum absolute atomic E-state index is 0.182. The van der Waals surface area contributed by atoms with Crippen LogP contribution in [-0.4, -0.2) is 37.0 Å². The van der Waals surface area contributed by atoms with E-state index in [0.29, 0.717) is 13.0 Å². The van der Waals surface area contributed by atoms with Gasteiger partial charge in [-0.15, -0.1) is 0 Å². The molecule has 0 amide bonds. The van der Waals surface area contributed by atoms with Crippen molar-refractivity contribution in [3.63, 3.8) is 0 Å². The summed E-state index contributed by atoms with van der Waals surface area (Å²) in [5.74, 6) is -0.243. The number of hydrogen-bond acceptors (Lipinski definition) is 4. The molecule has 0 aromatic carbocycles. The minimum Gasteiger partial charge on any atom is -0.457 e. The molecule has 0 saturated carbocycles. The fraction of sp³-hybridized carbons (Fsp3) is 0.676. The Morgan fingerprint density at radius 2 is 1.16 bits per heavy atom. The highest BCUT2D eigenvalue weighted by molar-refractivity contribution is 5.69. The number of ether oxygens (including phenoxy) is 2. The number of unbranched alkanes of at least 4 members (excludes halogenated alkanes) is 9. The Morgan fingerprint density at radius 3 is 1.68 bits per heavy atom. The van der Waals surface area contributed by atoms with Gasteiger partial charge in [-0.1, -0.05) is 120 Å². The van der Waals surface area contributed by atoms with Crippen LogP contribution in [0.1, 0.15) is 123 Å². The van der Waals surface area contributed by atoms with Crippen LogP contribution in [0, 0.1) is 0 Å². The van der Waals surface area contributed by atoms with Gasteiger partial charge >= 0.3 is 5.97 Å². The van der Waals surface area contributed by atoms with Crippen molar-refractivity contribution in [3.05, 3.63) is 60.8 Å². The first-order valence-electron chi connectivity index (χ1n) is 15.4. The maximum absolute atomic E-state index is 11.6. The Kier molecular flexibility index (Phi) is 29.7. The fourth-order valence-corrected chi connectivity index (χ4v) is 3.80. The summed E-state index contributed by atoms with van der Waals surface area (Å²) < 4.78 is 10.8. The highest BCUT2D eigenvalue weighted by Gasteiger charge is 2.13. The van der Waals surface area contributed by atoms with Gasteiger partial charge in [0.2, 0.25) is 0 Å². The lowest BCUT2D eigenvalue weighted by Crippen LogP contribution is -2.27. The zero-order valence-electron chi connectivity index (χ0n) is 24.7. The predicted molar refractivity (Wildman–Crippen MR) is 163 cm³/mol. The van der Waals surface area contributed by atoms with Crippen molar-refractivity contribution in [1.82, 2.24) is 0 Å². The lowest BCUT2D eigenvalue weighted by atomic mass is 10.1. The van der Waals surface area contributed by atoms with E-state index in [1.54, 1.807) is 0 Å². The Hall–Kier alpha value is -1.91. The fourth-order valence-electron chi connectivity index (χ4n) is 3.80. The van der Waals surface area contributed by atoms with Gasteiger partial charge in [0.1, 0.15) is 6.10 Å². The van der Waals surface area contributed by atoms with Crippen molar-refractivity contribution in [2.45, 2.75) is 129 Å². The normalized spacial score (nSPS) is 13.2. The van der Waals surface area contributed by atoms with Gasteiger partial charge in [-0.05, 0) is 57.8 Å². The van der Waals surface area contributed by atoms with E-state index in [2.05, 4.69) is 67.7 Å². The summed E-state index contributed by atoms with van der Waals surface area (Å²) in [6.07, 6.45) is 40.5. The number of hydrogen-bond donors (Lipinski definition) is 1. The number of carbonyl (C=O) groups excluding carboxylic acids is 1. The molecule has 0 saturated heterocycles. The second-order valence-electron chi connectivity index (χ2n) is 9.80. The molecule has 0 heterocycles. The van der Waals surface area contributed by atoms with Crippen molar-refractivity contribution in [2.75, 3.05) is 19.8 Å². The number of rotatable bonds is 27. The van der Waals surface area contributed by atoms with Gasteiger partial charge in [-0.3, -0.25) is 4.79 Å². The summed E-state index contributed by atoms with van der Waals surface area (Å²) in [4.78, 5) is 11.6. The summed E-state index contributed by atoms with van der Waals surface area (Å²) in [6, 6.07) is 0. The van der Waals surface area contributed by atoms with Crippen LogP contribution in [0.2, 0.25) is 0 Å². The Labute approximate surface area is 235 Å². The van der Waals surface area contributed by atoms with Crippen LogP contribution >= 0.6 is 0 Å². The number of allylic oxidation sites excluding steroid dienone is 10. The third-order valence-corrected chi connectivity index (χ3v) is 6.11. The third-order valence-electron chi connectivity index (χ3n) is 6.11. The van der Waals surface area contributed by atoms with Gasteiger partial charge in [0.25, 0.3) is 0 Å². The molecular weight excluding hydrogens is 472 g/mol. The first kappa shape index (κ1) is 36.1. The molecule has 4 nitrogen and oxygen atoms in total. The molecule has 0 spiro atoms. The molecule has 0 rings (SSSR count). The molecule has 1 unspecified atom stereocenters. The highest BCUT2D eigenvalue weighted by atomic mass is 16.6.